The van der Waals surface area contributed by atoms with Gasteiger partial charge in [-0.1, -0.05) is 12.1 Å². The Hall–Kier alpha value is -2.43. The van der Waals surface area contributed by atoms with Crippen molar-refractivity contribution in [2.24, 2.45) is 0 Å². The fourth-order valence-electron chi connectivity index (χ4n) is 2.26. The molecular weight excluding hydrogens is 257 g/mol. The summed E-state index contributed by atoms with van der Waals surface area (Å²) in [5, 5.41) is 2.74. The Morgan fingerprint density at radius 1 is 1.20 bits per heavy atom. The van der Waals surface area contributed by atoms with Gasteiger partial charge in [0.05, 0.1) is 11.6 Å². The molecule has 0 unspecified atom stereocenters. The zero-order chi connectivity index (χ0) is 14.2. The van der Waals surface area contributed by atoms with E-state index in [0.29, 0.717) is 11.5 Å². The molecule has 1 fully saturated rings. The predicted molar refractivity (Wildman–Crippen MR) is 74.6 cm³/mol. The van der Waals surface area contributed by atoms with Crippen LogP contribution in [-0.4, -0.2) is 10.9 Å². The van der Waals surface area contributed by atoms with Gasteiger partial charge in [-0.2, -0.15) is 0 Å². The van der Waals surface area contributed by atoms with Gasteiger partial charge in [-0.05, 0) is 42.7 Å². The van der Waals surface area contributed by atoms with Gasteiger partial charge in [-0.25, -0.2) is 9.37 Å². The van der Waals surface area contributed by atoms with Crippen LogP contribution in [-0.2, 0) is 10.2 Å². The van der Waals surface area contributed by atoms with E-state index in [1.807, 2.05) is 12.1 Å². The number of benzene rings is 1. The number of halogens is 1. The average Bonchev–Trinajstić information content (AvgIpc) is 3.24. The van der Waals surface area contributed by atoms with E-state index in [4.69, 9.17) is 5.73 Å². The van der Waals surface area contributed by atoms with Gasteiger partial charge < -0.3 is 11.1 Å². The molecule has 1 aromatic carbocycles. The monoisotopic (exact) mass is 271 g/mol. The van der Waals surface area contributed by atoms with Crippen LogP contribution in [0.2, 0.25) is 0 Å². The van der Waals surface area contributed by atoms with Gasteiger partial charge >= 0.3 is 0 Å². The summed E-state index contributed by atoms with van der Waals surface area (Å²) < 4.78 is 12.8. The third-order valence-electron chi connectivity index (χ3n) is 3.62. The van der Waals surface area contributed by atoms with E-state index >= 15 is 0 Å². The summed E-state index contributed by atoms with van der Waals surface area (Å²) in [5.41, 5.74) is 6.78. The number of nitrogens with one attached hydrogen (secondary N) is 1. The number of hydrogen-bond donors (Lipinski definition) is 2. The molecule has 102 valence electrons. The van der Waals surface area contributed by atoms with Crippen LogP contribution in [0.4, 0.5) is 15.9 Å². The summed E-state index contributed by atoms with van der Waals surface area (Å²) in [6.45, 7) is 0. The SMILES string of the molecule is Nc1ccc(C2(C(=O)Nc3ccc(F)cn3)CC2)cc1. The minimum absolute atomic E-state index is 0.110. The topological polar surface area (TPSA) is 68.0 Å². The number of aromatic nitrogens is 1. The minimum atomic E-state index is -0.496. The Kier molecular flexibility index (Phi) is 2.89. The number of rotatable bonds is 3. The lowest BCUT2D eigenvalue weighted by Gasteiger charge is -2.15. The van der Waals surface area contributed by atoms with Crippen molar-refractivity contribution in [2.45, 2.75) is 18.3 Å². The zero-order valence-electron chi connectivity index (χ0n) is 10.8. The molecule has 1 aliphatic rings. The molecule has 0 radical (unpaired) electrons. The van der Waals surface area contributed by atoms with Crippen molar-refractivity contribution in [1.82, 2.24) is 4.98 Å². The second-order valence-electron chi connectivity index (χ2n) is 5.02. The molecule has 5 heteroatoms. The Bertz CT molecular complexity index is 633. The first-order valence-corrected chi connectivity index (χ1v) is 6.39. The maximum atomic E-state index is 12.8. The van der Waals surface area contributed by atoms with E-state index in [2.05, 4.69) is 10.3 Å². The summed E-state index contributed by atoms with van der Waals surface area (Å²) >= 11 is 0. The fraction of sp³-hybridized carbons (Fsp3) is 0.200. The molecule has 1 saturated carbocycles. The number of amides is 1. The van der Waals surface area contributed by atoms with Crippen molar-refractivity contribution in [3.05, 3.63) is 54.0 Å². The van der Waals surface area contributed by atoms with E-state index in [0.717, 1.165) is 24.6 Å². The molecule has 1 aliphatic carbocycles. The van der Waals surface area contributed by atoms with Crippen LogP contribution in [0.1, 0.15) is 18.4 Å². The standard InChI is InChI=1S/C15H14FN3O/c16-11-3-6-13(18-9-11)19-14(20)15(7-8-15)10-1-4-12(17)5-2-10/h1-6,9H,7-8,17H2,(H,18,19,20). The lowest BCUT2D eigenvalue weighted by molar-refractivity contribution is -0.118. The molecule has 1 amide bonds. The molecule has 3 N–H and O–H groups in total. The molecule has 0 bridgehead atoms. The van der Waals surface area contributed by atoms with Crippen LogP contribution >= 0.6 is 0 Å². The fourth-order valence-corrected chi connectivity index (χ4v) is 2.26. The van der Waals surface area contributed by atoms with Crippen LogP contribution < -0.4 is 11.1 Å². The highest BCUT2D eigenvalue weighted by molar-refractivity contribution is 6.00. The smallest absolute Gasteiger partial charge is 0.236 e. The highest BCUT2D eigenvalue weighted by Gasteiger charge is 2.51. The number of nitrogen functional groups attached to an aromatic ring is 1. The molecule has 2 aromatic rings. The molecule has 0 spiro atoms. The van der Waals surface area contributed by atoms with Gasteiger partial charge in [0.1, 0.15) is 11.6 Å². The van der Waals surface area contributed by atoms with Crippen molar-refractivity contribution < 1.29 is 9.18 Å². The van der Waals surface area contributed by atoms with Crippen molar-refractivity contribution >= 4 is 17.4 Å². The van der Waals surface area contributed by atoms with Crippen molar-refractivity contribution in [3.63, 3.8) is 0 Å². The molecule has 1 aromatic heterocycles. The second kappa shape index (κ2) is 4.59. The van der Waals surface area contributed by atoms with Crippen LogP contribution in [0.25, 0.3) is 0 Å². The number of pyridine rings is 1. The summed E-state index contributed by atoms with van der Waals surface area (Å²) in [6, 6.07) is 10.1. The van der Waals surface area contributed by atoms with Crippen LogP contribution in [0.3, 0.4) is 0 Å². The van der Waals surface area contributed by atoms with E-state index in [1.165, 1.54) is 12.1 Å². The lowest BCUT2D eigenvalue weighted by atomic mass is 9.95. The van der Waals surface area contributed by atoms with Gasteiger partial charge in [0, 0.05) is 5.69 Å². The van der Waals surface area contributed by atoms with E-state index in [1.54, 1.807) is 12.1 Å². The molecule has 3 rings (SSSR count). The molecule has 0 aliphatic heterocycles. The molecule has 4 nitrogen and oxygen atoms in total. The normalized spacial score (nSPS) is 15.7. The predicted octanol–water partition coefficient (Wildman–Crippen LogP) is 2.47. The third-order valence-corrected chi connectivity index (χ3v) is 3.62. The molecule has 20 heavy (non-hydrogen) atoms. The highest BCUT2D eigenvalue weighted by atomic mass is 19.1. The first-order valence-electron chi connectivity index (χ1n) is 6.39. The Morgan fingerprint density at radius 2 is 1.90 bits per heavy atom. The lowest BCUT2D eigenvalue weighted by Crippen LogP contribution is -2.28. The van der Waals surface area contributed by atoms with E-state index in [-0.39, 0.29) is 5.91 Å². The first-order chi connectivity index (χ1) is 9.60. The van der Waals surface area contributed by atoms with Crippen molar-refractivity contribution in [1.29, 1.82) is 0 Å². The third kappa shape index (κ3) is 2.22. The van der Waals surface area contributed by atoms with Crippen LogP contribution in [0.5, 0.6) is 0 Å². The van der Waals surface area contributed by atoms with E-state index in [9.17, 15) is 9.18 Å². The number of hydrogen-bond acceptors (Lipinski definition) is 3. The number of carbonyl (C=O) groups excluding carboxylic acids is 1. The summed E-state index contributed by atoms with van der Waals surface area (Å²) in [7, 11) is 0. The van der Waals surface area contributed by atoms with Gasteiger partial charge in [-0.3, -0.25) is 4.79 Å². The highest BCUT2D eigenvalue weighted by Crippen LogP contribution is 2.49. The molecular formula is C15H14FN3O. The molecule has 0 atom stereocenters. The van der Waals surface area contributed by atoms with Gasteiger partial charge in [0.15, 0.2) is 0 Å². The number of anilines is 2. The molecule has 0 saturated heterocycles. The van der Waals surface area contributed by atoms with Crippen molar-refractivity contribution in [3.8, 4) is 0 Å². The second-order valence-corrected chi connectivity index (χ2v) is 5.02. The number of nitrogens with zero attached hydrogens (tertiary/aromatic N) is 1. The number of carbonyl (C=O) groups is 1. The van der Waals surface area contributed by atoms with Crippen LogP contribution in [0.15, 0.2) is 42.6 Å². The van der Waals surface area contributed by atoms with Gasteiger partial charge in [-0.15, -0.1) is 0 Å². The summed E-state index contributed by atoms with van der Waals surface area (Å²) in [4.78, 5) is 16.2. The largest absolute Gasteiger partial charge is 0.399 e. The number of nitrogens with two attached hydrogens (primary N) is 1. The average molecular weight is 271 g/mol. The summed E-state index contributed by atoms with van der Waals surface area (Å²) in [6.07, 6.45) is 2.67. The maximum absolute atomic E-state index is 12.8. The van der Waals surface area contributed by atoms with Crippen LogP contribution in [0, 0.1) is 5.82 Å². The maximum Gasteiger partial charge on any atom is 0.236 e. The van der Waals surface area contributed by atoms with E-state index < -0.39 is 11.2 Å². The van der Waals surface area contributed by atoms with Crippen molar-refractivity contribution in [2.75, 3.05) is 11.1 Å². The zero-order valence-corrected chi connectivity index (χ0v) is 10.8. The van der Waals surface area contributed by atoms with Gasteiger partial charge in [0.2, 0.25) is 5.91 Å². The quantitative estimate of drug-likeness (QED) is 0.843. The first kappa shape index (κ1) is 12.6. The van der Waals surface area contributed by atoms with Gasteiger partial charge in [0.25, 0.3) is 0 Å². The summed E-state index contributed by atoms with van der Waals surface area (Å²) in [5.74, 6) is -0.179. The Balaban J connectivity index is 1.79. The Morgan fingerprint density at radius 3 is 2.45 bits per heavy atom. The Labute approximate surface area is 115 Å². The minimum Gasteiger partial charge on any atom is -0.399 e. The molecule has 1 heterocycles.